The zero-order chi connectivity index (χ0) is 15.2. The van der Waals surface area contributed by atoms with Gasteiger partial charge in [-0.2, -0.15) is 0 Å². The second kappa shape index (κ2) is 7.43. The fourth-order valence-electron chi connectivity index (χ4n) is 1.96. The molecular formula is C17H19ClN2S. The molecule has 2 rings (SSSR count). The Morgan fingerprint density at radius 2 is 1.48 bits per heavy atom. The van der Waals surface area contributed by atoms with Gasteiger partial charge in [-0.3, -0.25) is 0 Å². The maximum Gasteiger partial charge on any atom is 0.175 e. The van der Waals surface area contributed by atoms with Crippen LogP contribution in [0.4, 0.5) is 11.4 Å². The van der Waals surface area contributed by atoms with Gasteiger partial charge in [-0.05, 0) is 66.5 Å². The predicted octanol–water partition coefficient (Wildman–Crippen LogP) is 5.66. The summed E-state index contributed by atoms with van der Waals surface area (Å²) in [5, 5.41) is 7.58. The fourth-order valence-corrected chi connectivity index (χ4v) is 2.32. The van der Waals surface area contributed by atoms with E-state index in [0.717, 1.165) is 17.8 Å². The fraction of sp³-hybridized carbons (Fsp3) is 0.235. The lowest BCUT2D eigenvalue weighted by Crippen LogP contribution is -2.18. The van der Waals surface area contributed by atoms with Crippen LogP contribution in [0.25, 0.3) is 0 Å². The van der Waals surface area contributed by atoms with Crippen molar-refractivity contribution in [3.8, 4) is 0 Å². The third-order valence-electron chi connectivity index (χ3n) is 3.45. The lowest BCUT2D eigenvalue weighted by Gasteiger charge is -2.13. The van der Waals surface area contributed by atoms with Crippen LogP contribution < -0.4 is 10.6 Å². The molecule has 4 heteroatoms. The molecule has 0 heterocycles. The topological polar surface area (TPSA) is 24.1 Å². The van der Waals surface area contributed by atoms with Crippen LogP contribution in [0.3, 0.4) is 0 Å². The number of rotatable bonds is 4. The Balaban J connectivity index is 1.94. The van der Waals surface area contributed by atoms with Gasteiger partial charge >= 0.3 is 0 Å². The van der Waals surface area contributed by atoms with Gasteiger partial charge in [0.15, 0.2) is 5.11 Å². The van der Waals surface area contributed by atoms with Crippen LogP contribution in [-0.2, 0) is 0 Å². The van der Waals surface area contributed by atoms with Crippen molar-refractivity contribution in [1.82, 2.24) is 0 Å². The van der Waals surface area contributed by atoms with Crippen LogP contribution in [0.15, 0.2) is 48.5 Å². The first kappa shape index (κ1) is 15.8. The van der Waals surface area contributed by atoms with Gasteiger partial charge in [0, 0.05) is 16.4 Å². The van der Waals surface area contributed by atoms with Gasteiger partial charge in [-0.1, -0.05) is 37.6 Å². The van der Waals surface area contributed by atoms with Crippen LogP contribution in [-0.4, -0.2) is 5.11 Å². The molecule has 0 aromatic heterocycles. The first-order valence-corrected chi connectivity index (χ1v) is 7.80. The second-order valence-electron chi connectivity index (χ2n) is 5.02. The molecule has 0 aliphatic heterocycles. The number of anilines is 2. The monoisotopic (exact) mass is 318 g/mol. The Morgan fingerprint density at radius 1 is 1.00 bits per heavy atom. The summed E-state index contributed by atoms with van der Waals surface area (Å²) in [5.41, 5.74) is 3.24. The molecule has 0 aliphatic carbocycles. The summed E-state index contributed by atoms with van der Waals surface area (Å²) in [7, 11) is 0. The lowest BCUT2D eigenvalue weighted by atomic mass is 9.99. The summed E-state index contributed by atoms with van der Waals surface area (Å²) in [6.07, 6.45) is 1.14. The summed E-state index contributed by atoms with van der Waals surface area (Å²) < 4.78 is 0. The average Bonchev–Trinajstić information content (AvgIpc) is 2.49. The van der Waals surface area contributed by atoms with Gasteiger partial charge in [-0.15, -0.1) is 0 Å². The molecule has 2 aromatic rings. The number of benzene rings is 2. The van der Waals surface area contributed by atoms with E-state index in [0.29, 0.717) is 16.1 Å². The lowest BCUT2D eigenvalue weighted by molar-refractivity contribution is 0.734. The Hall–Kier alpha value is -1.58. The van der Waals surface area contributed by atoms with E-state index >= 15 is 0 Å². The molecular weight excluding hydrogens is 300 g/mol. The van der Waals surface area contributed by atoms with E-state index in [1.54, 1.807) is 0 Å². The molecule has 2 aromatic carbocycles. The number of thiocarbonyl (C=S) groups is 1. The molecule has 2 N–H and O–H groups in total. The highest BCUT2D eigenvalue weighted by molar-refractivity contribution is 7.80. The minimum atomic E-state index is 0.564. The van der Waals surface area contributed by atoms with Crippen LogP contribution in [0.5, 0.6) is 0 Å². The number of halogens is 1. The Morgan fingerprint density at radius 3 is 1.95 bits per heavy atom. The van der Waals surface area contributed by atoms with E-state index in [1.807, 2.05) is 24.3 Å². The molecule has 0 radical (unpaired) electrons. The van der Waals surface area contributed by atoms with Gasteiger partial charge in [0.25, 0.3) is 0 Å². The van der Waals surface area contributed by atoms with Crippen molar-refractivity contribution in [2.75, 3.05) is 10.6 Å². The van der Waals surface area contributed by atoms with Crippen LogP contribution in [0.1, 0.15) is 31.7 Å². The standard InChI is InChI=1S/C17H19ClN2S/c1-3-12(2)13-4-8-15(9-5-13)19-17(21)20-16-10-6-14(18)7-11-16/h4-12H,3H2,1-2H3,(H2,19,20,21)/t12-/m1/s1. The molecule has 0 saturated carbocycles. The summed E-state index contributed by atoms with van der Waals surface area (Å²) in [6.45, 7) is 4.43. The largest absolute Gasteiger partial charge is 0.332 e. The Kier molecular flexibility index (Phi) is 5.59. The van der Waals surface area contributed by atoms with E-state index in [1.165, 1.54) is 5.56 Å². The molecule has 110 valence electrons. The van der Waals surface area contributed by atoms with E-state index in [4.69, 9.17) is 23.8 Å². The van der Waals surface area contributed by atoms with Crippen molar-refractivity contribution in [2.24, 2.45) is 0 Å². The number of hydrogen-bond acceptors (Lipinski definition) is 1. The molecule has 0 bridgehead atoms. The third kappa shape index (κ3) is 4.73. The summed E-state index contributed by atoms with van der Waals surface area (Å²) in [6, 6.07) is 15.8. The van der Waals surface area contributed by atoms with E-state index < -0.39 is 0 Å². The van der Waals surface area contributed by atoms with Gasteiger partial charge in [-0.25, -0.2) is 0 Å². The molecule has 0 unspecified atom stereocenters. The number of nitrogens with one attached hydrogen (secondary N) is 2. The van der Waals surface area contributed by atoms with Crippen LogP contribution in [0, 0.1) is 0 Å². The minimum absolute atomic E-state index is 0.564. The van der Waals surface area contributed by atoms with Crippen molar-refractivity contribution in [3.63, 3.8) is 0 Å². The Bertz CT molecular complexity index is 593. The highest BCUT2D eigenvalue weighted by atomic mass is 35.5. The maximum absolute atomic E-state index is 5.85. The maximum atomic E-state index is 5.85. The van der Waals surface area contributed by atoms with E-state index in [2.05, 4.69) is 48.7 Å². The number of hydrogen-bond donors (Lipinski definition) is 2. The normalized spacial score (nSPS) is 11.8. The van der Waals surface area contributed by atoms with Crippen LogP contribution >= 0.6 is 23.8 Å². The Labute approximate surface area is 136 Å². The molecule has 0 fully saturated rings. The minimum Gasteiger partial charge on any atom is -0.332 e. The van der Waals surface area contributed by atoms with Crippen molar-refractivity contribution < 1.29 is 0 Å². The zero-order valence-electron chi connectivity index (χ0n) is 12.2. The highest BCUT2D eigenvalue weighted by Crippen LogP contribution is 2.20. The van der Waals surface area contributed by atoms with Gasteiger partial charge in [0.2, 0.25) is 0 Å². The summed E-state index contributed by atoms with van der Waals surface area (Å²) >= 11 is 11.2. The third-order valence-corrected chi connectivity index (χ3v) is 3.91. The quantitative estimate of drug-likeness (QED) is 0.711. The SMILES string of the molecule is CC[C@@H](C)c1ccc(NC(=S)Nc2ccc(Cl)cc2)cc1. The zero-order valence-corrected chi connectivity index (χ0v) is 13.8. The molecule has 2 nitrogen and oxygen atoms in total. The highest BCUT2D eigenvalue weighted by Gasteiger charge is 2.03. The smallest absolute Gasteiger partial charge is 0.175 e. The molecule has 0 spiro atoms. The first-order chi connectivity index (χ1) is 10.1. The van der Waals surface area contributed by atoms with Gasteiger partial charge < -0.3 is 10.6 Å². The second-order valence-corrected chi connectivity index (χ2v) is 5.86. The van der Waals surface area contributed by atoms with Crippen molar-refractivity contribution in [1.29, 1.82) is 0 Å². The van der Waals surface area contributed by atoms with E-state index in [9.17, 15) is 0 Å². The average molecular weight is 319 g/mol. The van der Waals surface area contributed by atoms with Gasteiger partial charge in [0.05, 0.1) is 0 Å². The summed E-state index contributed by atoms with van der Waals surface area (Å²) in [5.74, 6) is 0.582. The molecule has 1 atom stereocenters. The predicted molar refractivity (Wildman–Crippen MR) is 96.4 cm³/mol. The van der Waals surface area contributed by atoms with E-state index in [-0.39, 0.29) is 0 Å². The molecule has 0 saturated heterocycles. The van der Waals surface area contributed by atoms with Gasteiger partial charge in [0.1, 0.15) is 0 Å². The summed E-state index contributed by atoms with van der Waals surface area (Å²) in [4.78, 5) is 0. The van der Waals surface area contributed by atoms with Crippen molar-refractivity contribution in [2.45, 2.75) is 26.2 Å². The van der Waals surface area contributed by atoms with Crippen molar-refractivity contribution >= 4 is 40.3 Å². The first-order valence-electron chi connectivity index (χ1n) is 7.02. The van der Waals surface area contributed by atoms with Crippen LogP contribution in [0.2, 0.25) is 5.02 Å². The molecule has 0 amide bonds. The molecule has 21 heavy (non-hydrogen) atoms. The van der Waals surface area contributed by atoms with Crippen molar-refractivity contribution in [3.05, 3.63) is 59.1 Å². The molecule has 0 aliphatic rings.